The minimum Gasteiger partial charge on any atom is -0.497 e. The van der Waals surface area contributed by atoms with Crippen LogP contribution < -0.4 is 14.8 Å². The van der Waals surface area contributed by atoms with E-state index in [1.807, 2.05) is 30.3 Å². The third-order valence-electron chi connectivity index (χ3n) is 4.10. The minimum atomic E-state index is -0.563. The molecule has 3 rings (SSSR count). The summed E-state index contributed by atoms with van der Waals surface area (Å²) in [6, 6.07) is 14.1. The number of hydrogen-bond acceptors (Lipinski definition) is 5. The highest BCUT2D eigenvalue weighted by Gasteiger charge is 2.14. The van der Waals surface area contributed by atoms with Crippen LogP contribution in [0, 0.1) is 11.3 Å². The van der Waals surface area contributed by atoms with E-state index in [-0.39, 0.29) is 5.57 Å². The van der Waals surface area contributed by atoms with Gasteiger partial charge in [-0.15, -0.1) is 0 Å². The van der Waals surface area contributed by atoms with Gasteiger partial charge < -0.3 is 14.8 Å². The number of nitrogens with one attached hydrogen (secondary N) is 2. The SMILES string of the molecule is COc1cccc(-c2[nH]ncc2/C=C(\C#N)C(=O)Nc2ccc(OC)c(Cl)c2)c1. The molecule has 0 fully saturated rings. The molecule has 0 spiro atoms. The summed E-state index contributed by atoms with van der Waals surface area (Å²) in [5.74, 6) is 0.607. The highest BCUT2D eigenvalue weighted by molar-refractivity contribution is 6.32. The van der Waals surface area contributed by atoms with Gasteiger partial charge in [0.15, 0.2) is 0 Å². The third kappa shape index (κ3) is 4.57. The normalized spacial score (nSPS) is 10.9. The van der Waals surface area contributed by atoms with Crippen molar-refractivity contribution in [3.63, 3.8) is 0 Å². The number of halogens is 1. The van der Waals surface area contributed by atoms with Crippen LogP contribution in [0.1, 0.15) is 5.56 Å². The zero-order chi connectivity index (χ0) is 20.8. The number of methoxy groups -OCH3 is 2. The summed E-state index contributed by atoms with van der Waals surface area (Å²) in [6.07, 6.45) is 3.02. The average molecular weight is 409 g/mol. The Morgan fingerprint density at radius 3 is 2.76 bits per heavy atom. The van der Waals surface area contributed by atoms with Crippen molar-refractivity contribution in [3.05, 3.63) is 64.8 Å². The molecule has 2 N–H and O–H groups in total. The summed E-state index contributed by atoms with van der Waals surface area (Å²) in [6.45, 7) is 0. The zero-order valence-corrected chi connectivity index (χ0v) is 16.4. The Kier molecular flexibility index (Phi) is 6.17. The van der Waals surface area contributed by atoms with Crippen molar-refractivity contribution in [1.29, 1.82) is 5.26 Å². The maximum Gasteiger partial charge on any atom is 0.266 e. The van der Waals surface area contributed by atoms with Crippen LogP contribution in [0.3, 0.4) is 0 Å². The number of carbonyl (C=O) groups is 1. The number of aromatic amines is 1. The first-order valence-electron chi connectivity index (χ1n) is 8.50. The number of ether oxygens (including phenoxy) is 2. The topological polar surface area (TPSA) is 100 Å². The lowest BCUT2D eigenvalue weighted by molar-refractivity contribution is -0.112. The van der Waals surface area contributed by atoms with Crippen LogP contribution in [0.25, 0.3) is 17.3 Å². The Hall–Kier alpha value is -3.76. The van der Waals surface area contributed by atoms with Gasteiger partial charge in [0.05, 0.1) is 31.1 Å². The molecule has 7 nitrogen and oxygen atoms in total. The highest BCUT2D eigenvalue weighted by Crippen LogP contribution is 2.28. The maximum absolute atomic E-state index is 12.6. The Morgan fingerprint density at radius 1 is 1.24 bits per heavy atom. The van der Waals surface area contributed by atoms with E-state index in [9.17, 15) is 10.1 Å². The molecule has 0 aliphatic heterocycles. The van der Waals surface area contributed by atoms with Crippen molar-refractivity contribution in [1.82, 2.24) is 10.2 Å². The molecule has 0 bridgehead atoms. The van der Waals surface area contributed by atoms with Crippen molar-refractivity contribution in [2.45, 2.75) is 0 Å². The van der Waals surface area contributed by atoms with E-state index in [1.54, 1.807) is 31.5 Å². The zero-order valence-electron chi connectivity index (χ0n) is 15.7. The van der Waals surface area contributed by atoms with E-state index in [0.717, 1.165) is 5.56 Å². The van der Waals surface area contributed by atoms with Gasteiger partial charge in [-0.25, -0.2) is 0 Å². The first kappa shape index (κ1) is 20.0. The molecular formula is C21H17ClN4O3. The van der Waals surface area contributed by atoms with Gasteiger partial charge in [-0.2, -0.15) is 10.4 Å². The van der Waals surface area contributed by atoms with E-state index >= 15 is 0 Å². The van der Waals surface area contributed by atoms with E-state index in [2.05, 4.69) is 15.5 Å². The molecule has 0 aliphatic rings. The van der Waals surface area contributed by atoms with Crippen molar-refractivity contribution in [3.8, 4) is 28.8 Å². The van der Waals surface area contributed by atoms with Gasteiger partial charge in [0.2, 0.25) is 0 Å². The monoisotopic (exact) mass is 408 g/mol. The molecule has 0 saturated carbocycles. The summed E-state index contributed by atoms with van der Waals surface area (Å²) in [5.41, 5.74) is 2.44. The number of aromatic nitrogens is 2. The number of H-pyrrole nitrogens is 1. The Morgan fingerprint density at radius 2 is 2.07 bits per heavy atom. The standard InChI is InChI=1S/C21H17ClN4O3/c1-28-17-5-3-4-13(9-17)20-15(12-24-26-20)8-14(11-23)21(27)25-16-6-7-19(29-2)18(22)10-16/h3-10,12H,1-2H3,(H,24,26)(H,25,27)/b14-8+. The predicted molar refractivity (Wildman–Crippen MR) is 111 cm³/mol. The summed E-state index contributed by atoms with van der Waals surface area (Å²) >= 11 is 6.08. The largest absolute Gasteiger partial charge is 0.497 e. The summed E-state index contributed by atoms with van der Waals surface area (Å²) < 4.78 is 10.3. The predicted octanol–water partition coefficient (Wildman–Crippen LogP) is 4.29. The van der Waals surface area contributed by atoms with Crippen molar-refractivity contribution in [2.24, 2.45) is 0 Å². The number of hydrogen-bond donors (Lipinski definition) is 2. The lowest BCUT2D eigenvalue weighted by atomic mass is 10.1. The first-order valence-corrected chi connectivity index (χ1v) is 8.88. The molecule has 146 valence electrons. The number of nitrogens with zero attached hydrogens (tertiary/aromatic N) is 2. The molecule has 3 aromatic rings. The minimum absolute atomic E-state index is 0.0810. The molecule has 0 aliphatic carbocycles. The second-order valence-corrected chi connectivity index (χ2v) is 6.31. The Bertz CT molecular complexity index is 1120. The maximum atomic E-state index is 12.6. The van der Waals surface area contributed by atoms with Gasteiger partial charge in [0.25, 0.3) is 5.91 Å². The van der Waals surface area contributed by atoms with Crippen molar-refractivity contribution < 1.29 is 14.3 Å². The van der Waals surface area contributed by atoms with E-state index in [1.165, 1.54) is 13.2 Å². The van der Waals surface area contributed by atoms with Gasteiger partial charge in [0.1, 0.15) is 23.1 Å². The fraction of sp³-hybridized carbons (Fsp3) is 0.0952. The molecule has 0 saturated heterocycles. The first-order chi connectivity index (χ1) is 14.0. The van der Waals surface area contributed by atoms with Crippen LogP contribution in [0.15, 0.2) is 54.2 Å². The number of nitriles is 1. The van der Waals surface area contributed by atoms with Crippen LogP contribution >= 0.6 is 11.6 Å². The third-order valence-corrected chi connectivity index (χ3v) is 4.40. The van der Waals surface area contributed by atoms with Crippen LogP contribution in [-0.4, -0.2) is 30.3 Å². The number of rotatable bonds is 6. The second kappa shape index (κ2) is 8.95. The molecule has 0 radical (unpaired) electrons. The summed E-state index contributed by atoms with van der Waals surface area (Å²) in [7, 11) is 3.08. The summed E-state index contributed by atoms with van der Waals surface area (Å²) in [4.78, 5) is 12.6. The van der Waals surface area contributed by atoms with Crippen LogP contribution in [0.2, 0.25) is 5.02 Å². The smallest absolute Gasteiger partial charge is 0.266 e. The van der Waals surface area contributed by atoms with E-state index < -0.39 is 5.91 Å². The molecular weight excluding hydrogens is 392 g/mol. The molecule has 1 aromatic heterocycles. The highest BCUT2D eigenvalue weighted by atomic mass is 35.5. The number of anilines is 1. The lowest BCUT2D eigenvalue weighted by Crippen LogP contribution is -2.13. The van der Waals surface area contributed by atoms with Gasteiger partial charge in [-0.1, -0.05) is 23.7 Å². The number of amides is 1. The molecule has 0 unspecified atom stereocenters. The molecule has 8 heteroatoms. The van der Waals surface area contributed by atoms with Gasteiger partial charge >= 0.3 is 0 Å². The van der Waals surface area contributed by atoms with Crippen LogP contribution in [-0.2, 0) is 4.79 Å². The van der Waals surface area contributed by atoms with Crippen molar-refractivity contribution in [2.75, 3.05) is 19.5 Å². The fourth-order valence-corrected chi connectivity index (χ4v) is 2.92. The number of carbonyl (C=O) groups excluding carboxylic acids is 1. The van der Waals surface area contributed by atoms with Gasteiger partial charge in [0, 0.05) is 16.8 Å². The van der Waals surface area contributed by atoms with Gasteiger partial charge in [-0.05, 0) is 36.4 Å². The quantitative estimate of drug-likeness (QED) is 0.468. The van der Waals surface area contributed by atoms with Gasteiger partial charge in [-0.3, -0.25) is 9.89 Å². The Labute approximate surface area is 172 Å². The molecule has 2 aromatic carbocycles. The fourth-order valence-electron chi connectivity index (χ4n) is 2.66. The van der Waals surface area contributed by atoms with E-state index in [4.69, 9.17) is 21.1 Å². The number of benzene rings is 2. The average Bonchev–Trinajstić information content (AvgIpc) is 3.20. The molecule has 1 amide bonds. The van der Waals surface area contributed by atoms with Crippen LogP contribution in [0.5, 0.6) is 11.5 Å². The molecule has 0 atom stereocenters. The Balaban J connectivity index is 1.87. The lowest BCUT2D eigenvalue weighted by Gasteiger charge is -2.08. The second-order valence-electron chi connectivity index (χ2n) is 5.91. The summed E-state index contributed by atoms with van der Waals surface area (Å²) in [5, 5.41) is 19.4. The van der Waals surface area contributed by atoms with E-state index in [0.29, 0.717) is 33.5 Å². The molecule has 29 heavy (non-hydrogen) atoms. The van der Waals surface area contributed by atoms with Crippen molar-refractivity contribution >= 4 is 29.3 Å². The van der Waals surface area contributed by atoms with Crippen LogP contribution in [0.4, 0.5) is 5.69 Å². The molecule has 1 heterocycles.